The SMILES string of the molecule is O=C(CCc1cccnc1)NCCC12CC3CC(CC(C3)C1)C2. The Labute approximate surface area is 139 Å². The van der Waals surface area contributed by atoms with Crippen molar-refractivity contribution >= 4 is 5.91 Å². The summed E-state index contributed by atoms with van der Waals surface area (Å²) in [6.45, 7) is 0.873. The van der Waals surface area contributed by atoms with E-state index in [0.717, 1.165) is 36.3 Å². The van der Waals surface area contributed by atoms with Gasteiger partial charge in [-0.25, -0.2) is 0 Å². The van der Waals surface area contributed by atoms with Crippen LogP contribution in [0, 0.1) is 23.2 Å². The van der Waals surface area contributed by atoms with Gasteiger partial charge in [-0.3, -0.25) is 9.78 Å². The summed E-state index contributed by atoms with van der Waals surface area (Å²) in [4.78, 5) is 16.2. The molecule has 5 rings (SSSR count). The van der Waals surface area contributed by atoms with Crippen LogP contribution in [0.2, 0.25) is 0 Å². The van der Waals surface area contributed by atoms with Gasteiger partial charge in [0.1, 0.15) is 0 Å². The third kappa shape index (κ3) is 3.44. The minimum Gasteiger partial charge on any atom is -0.356 e. The Kier molecular flexibility index (Phi) is 4.13. The number of amides is 1. The number of carbonyl (C=O) groups is 1. The molecular formula is C20H28N2O. The molecule has 124 valence electrons. The van der Waals surface area contributed by atoms with Crippen LogP contribution in [0.5, 0.6) is 0 Å². The Morgan fingerprint density at radius 2 is 1.87 bits per heavy atom. The van der Waals surface area contributed by atoms with E-state index in [4.69, 9.17) is 0 Å². The zero-order valence-electron chi connectivity index (χ0n) is 14.0. The van der Waals surface area contributed by atoms with Crippen molar-refractivity contribution in [3.05, 3.63) is 30.1 Å². The maximum atomic E-state index is 12.1. The summed E-state index contributed by atoms with van der Waals surface area (Å²) >= 11 is 0. The first-order valence-corrected chi connectivity index (χ1v) is 9.36. The van der Waals surface area contributed by atoms with Gasteiger partial charge in [-0.1, -0.05) is 6.07 Å². The summed E-state index contributed by atoms with van der Waals surface area (Å²) in [6, 6.07) is 3.97. The second-order valence-corrected chi connectivity index (χ2v) is 8.38. The van der Waals surface area contributed by atoms with E-state index < -0.39 is 0 Å². The van der Waals surface area contributed by atoms with Crippen LogP contribution in [0.1, 0.15) is 56.9 Å². The molecule has 0 spiro atoms. The predicted octanol–water partition coefficient (Wildman–Crippen LogP) is 3.74. The molecule has 4 bridgehead atoms. The number of nitrogens with zero attached hydrogens (tertiary/aromatic N) is 1. The number of aromatic nitrogens is 1. The number of rotatable bonds is 6. The van der Waals surface area contributed by atoms with Crippen LogP contribution < -0.4 is 5.32 Å². The van der Waals surface area contributed by atoms with Gasteiger partial charge in [0.05, 0.1) is 0 Å². The normalized spacial score (nSPS) is 34.5. The highest BCUT2D eigenvalue weighted by Crippen LogP contribution is 2.61. The highest BCUT2D eigenvalue weighted by molar-refractivity contribution is 5.76. The number of hydrogen-bond acceptors (Lipinski definition) is 2. The van der Waals surface area contributed by atoms with Crippen molar-refractivity contribution in [3.63, 3.8) is 0 Å². The van der Waals surface area contributed by atoms with E-state index in [2.05, 4.69) is 10.3 Å². The Hall–Kier alpha value is -1.38. The Morgan fingerprint density at radius 3 is 2.48 bits per heavy atom. The zero-order chi connectivity index (χ0) is 15.7. The second kappa shape index (κ2) is 6.26. The maximum absolute atomic E-state index is 12.1. The third-order valence-electron chi connectivity index (χ3n) is 6.51. The average Bonchev–Trinajstić information content (AvgIpc) is 2.52. The molecule has 1 aromatic rings. The molecule has 0 radical (unpaired) electrons. The van der Waals surface area contributed by atoms with Crippen LogP contribution in [0.25, 0.3) is 0 Å². The van der Waals surface area contributed by atoms with Crippen molar-refractivity contribution in [2.24, 2.45) is 23.2 Å². The number of hydrogen-bond donors (Lipinski definition) is 1. The summed E-state index contributed by atoms with van der Waals surface area (Å²) in [5.41, 5.74) is 1.72. The summed E-state index contributed by atoms with van der Waals surface area (Å²) in [5.74, 6) is 3.20. The largest absolute Gasteiger partial charge is 0.356 e. The summed E-state index contributed by atoms with van der Waals surface area (Å²) < 4.78 is 0. The van der Waals surface area contributed by atoms with Gasteiger partial charge in [0.15, 0.2) is 0 Å². The van der Waals surface area contributed by atoms with Crippen molar-refractivity contribution in [3.8, 4) is 0 Å². The molecule has 0 atom stereocenters. The molecule has 4 saturated carbocycles. The van der Waals surface area contributed by atoms with E-state index in [9.17, 15) is 4.79 Å². The lowest BCUT2D eigenvalue weighted by molar-refractivity contribution is -0.121. The molecular weight excluding hydrogens is 284 g/mol. The summed E-state index contributed by atoms with van der Waals surface area (Å²) in [6.07, 6.45) is 15.0. The molecule has 0 aliphatic heterocycles. The first-order chi connectivity index (χ1) is 11.2. The van der Waals surface area contributed by atoms with Crippen LogP contribution in [-0.4, -0.2) is 17.4 Å². The van der Waals surface area contributed by atoms with E-state index in [1.54, 1.807) is 6.20 Å². The fourth-order valence-electron chi connectivity index (χ4n) is 5.96. The standard InChI is InChI=1S/C20H28N2O/c23-19(4-3-15-2-1-6-21-14-15)22-7-5-20-11-16-8-17(12-20)10-18(9-16)13-20/h1-2,6,14,16-18H,3-5,7-13H2,(H,22,23). The monoisotopic (exact) mass is 312 g/mol. The molecule has 1 amide bonds. The lowest BCUT2D eigenvalue weighted by Crippen LogP contribution is -2.47. The summed E-state index contributed by atoms with van der Waals surface area (Å²) in [7, 11) is 0. The van der Waals surface area contributed by atoms with E-state index in [-0.39, 0.29) is 5.91 Å². The number of carbonyl (C=O) groups excluding carboxylic acids is 1. The fourth-order valence-corrected chi connectivity index (χ4v) is 5.96. The van der Waals surface area contributed by atoms with Crippen molar-refractivity contribution in [1.82, 2.24) is 10.3 Å². The molecule has 23 heavy (non-hydrogen) atoms. The van der Waals surface area contributed by atoms with E-state index in [1.807, 2.05) is 18.3 Å². The molecule has 4 aliphatic rings. The molecule has 1 aromatic heterocycles. The molecule has 3 heteroatoms. The van der Waals surface area contributed by atoms with Gasteiger partial charge in [-0.05, 0) is 86.2 Å². The molecule has 0 unspecified atom stereocenters. The Bertz CT molecular complexity index is 519. The van der Waals surface area contributed by atoms with Crippen LogP contribution in [0.15, 0.2) is 24.5 Å². The van der Waals surface area contributed by atoms with Gasteiger partial charge >= 0.3 is 0 Å². The van der Waals surface area contributed by atoms with Crippen LogP contribution in [0.4, 0.5) is 0 Å². The average molecular weight is 312 g/mol. The van der Waals surface area contributed by atoms with E-state index in [0.29, 0.717) is 11.8 Å². The van der Waals surface area contributed by atoms with Gasteiger partial charge in [0.25, 0.3) is 0 Å². The molecule has 1 heterocycles. The quantitative estimate of drug-likeness (QED) is 0.869. The molecule has 4 fully saturated rings. The van der Waals surface area contributed by atoms with Crippen molar-refractivity contribution in [2.75, 3.05) is 6.54 Å². The molecule has 1 N–H and O–H groups in total. The number of pyridine rings is 1. The minimum atomic E-state index is 0.193. The van der Waals surface area contributed by atoms with Gasteiger partial charge in [0, 0.05) is 25.4 Å². The van der Waals surface area contributed by atoms with E-state index >= 15 is 0 Å². The molecule has 0 saturated heterocycles. The number of aryl methyl sites for hydroxylation is 1. The van der Waals surface area contributed by atoms with Crippen LogP contribution in [-0.2, 0) is 11.2 Å². The smallest absolute Gasteiger partial charge is 0.220 e. The summed E-state index contributed by atoms with van der Waals surface area (Å²) in [5, 5.41) is 3.17. The second-order valence-electron chi connectivity index (χ2n) is 8.38. The van der Waals surface area contributed by atoms with E-state index in [1.165, 1.54) is 44.9 Å². The molecule has 0 aromatic carbocycles. The maximum Gasteiger partial charge on any atom is 0.220 e. The topological polar surface area (TPSA) is 42.0 Å². The van der Waals surface area contributed by atoms with Crippen molar-refractivity contribution in [2.45, 2.75) is 57.8 Å². The lowest BCUT2D eigenvalue weighted by Gasteiger charge is -2.57. The van der Waals surface area contributed by atoms with Gasteiger partial charge < -0.3 is 5.32 Å². The van der Waals surface area contributed by atoms with Gasteiger partial charge in [-0.15, -0.1) is 0 Å². The number of nitrogens with one attached hydrogen (secondary N) is 1. The third-order valence-corrected chi connectivity index (χ3v) is 6.51. The fraction of sp³-hybridized carbons (Fsp3) is 0.700. The minimum absolute atomic E-state index is 0.193. The first kappa shape index (κ1) is 15.2. The molecule has 3 nitrogen and oxygen atoms in total. The predicted molar refractivity (Wildman–Crippen MR) is 90.8 cm³/mol. The van der Waals surface area contributed by atoms with Crippen molar-refractivity contribution < 1.29 is 4.79 Å². The van der Waals surface area contributed by atoms with Gasteiger partial charge in [-0.2, -0.15) is 0 Å². The van der Waals surface area contributed by atoms with Crippen LogP contribution in [0.3, 0.4) is 0 Å². The highest BCUT2D eigenvalue weighted by Gasteiger charge is 2.50. The lowest BCUT2D eigenvalue weighted by atomic mass is 9.49. The van der Waals surface area contributed by atoms with Gasteiger partial charge in [0.2, 0.25) is 5.91 Å². The first-order valence-electron chi connectivity index (χ1n) is 9.36. The highest BCUT2D eigenvalue weighted by atomic mass is 16.1. The van der Waals surface area contributed by atoms with Crippen molar-refractivity contribution in [1.29, 1.82) is 0 Å². The Balaban J connectivity index is 1.22. The Morgan fingerprint density at radius 1 is 1.17 bits per heavy atom. The molecule has 4 aliphatic carbocycles. The van der Waals surface area contributed by atoms with Crippen LogP contribution >= 0.6 is 0 Å². The zero-order valence-corrected chi connectivity index (χ0v) is 14.0.